The Kier molecular flexibility index (Phi) is 4.96. The summed E-state index contributed by atoms with van der Waals surface area (Å²) in [6, 6.07) is 10.4. The summed E-state index contributed by atoms with van der Waals surface area (Å²) in [5.41, 5.74) is -0.0625. The van der Waals surface area contributed by atoms with Gasteiger partial charge in [0.15, 0.2) is 0 Å². The monoisotopic (exact) mass is 426 g/mol. The first kappa shape index (κ1) is 19.7. The molecule has 0 aromatic heterocycles. The lowest BCUT2D eigenvalue weighted by Crippen LogP contribution is -2.32. The van der Waals surface area contributed by atoms with Crippen molar-refractivity contribution < 1.29 is 18.0 Å². The molecule has 1 aliphatic rings. The van der Waals surface area contributed by atoms with Crippen LogP contribution in [0.3, 0.4) is 0 Å². The molecule has 2 amide bonds. The lowest BCUT2D eigenvalue weighted by atomic mass is 9.95. The van der Waals surface area contributed by atoms with Gasteiger partial charge in [0, 0.05) is 21.3 Å². The van der Waals surface area contributed by atoms with Crippen molar-refractivity contribution >= 4 is 56.4 Å². The second-order valence-electron chi connectivity index (χ2n) is 6.87. The number of rotatable bonds is 3. The van der Waals surface area contributed by atoms with E-state index in [4.69, 9.17) is 23.2 Å². The first-order valence-corrected chi connectivity index (χ1v) is 10.3. The van der Waals surface area contributed by atoms with E-state index in [1.165, 1.54) is 24.3 Å². The molecule has 3 rings (SSSR count). The summed E-state index contributed by atoms with van der Waals surface area (Å²) in [6.07, 6.45) is 0. The maximum Gasteiger partial charge on any atom is 0.255 e. The molecule has 0 saturated carbocycles. The number of anilines is 2. The predicted molar refractivity (Wildman–Crippen MR) is 106 cm³/mol. The van der Waals surface area contributed by atoms with Gasteiger partial charge < -0.3 is 5.32 Å². The summed E-state index contributed by atoms with van der Waals surface area (Å²) < 4.78 is 25.4. The van der Waals surface area contributed by atoms with Gasteiger partial charge in [-0.2, -0.15) is 0 Å². The minimum absolute atomic E-state index is 0.202. The van der Waals surface area contributed by atoms with Gasteiger partial charge in [0.1, 0.15) is 0 Å². The second-order valence-corrected chi connectivity index (χ2v) is 9.56. The number of sulfonamides is 1. The van der Waals surface area contributed by atoms with E-state index in [2.05, 4.69) is 5.32 Å². The fourth-order valence-electron chi connectivity index (χ4n) is 2.84. The van der Waals surface area contributed by atoms with Crippen molar-refractivity contribution in [3.05, 3.63) is 58.1 Å². The van der Waals surface area contributed by atoms with Crippen LogP contribution >= 0.6 is 23.2 Å². The predicted octanol–water partition coefficient (Wildman–Crippen LogP) is 3.95. The number of nitrogens with zero attached hydrogens (tertiary/aromatic N) is 1. The molecule has 2 aromatic rings. The molecule has 27 heavy (non-hydrogen) atoms. The van der Waals surface area contributed by atoms with Crippen LogP contribution in [0, 0.1) is 5.41 Å². The van der Waals surface area contributed by atoms with Crippen LogP contribution < -0.4 is 9.62 Å². The maximum absolute atomic E-state index is 12.4. The van der Waals surface area contributed by atoms with Gasteiger partial charge in [-0.3, -0.25) is 9.59 Å². The second kappa shape index (κ2) is 6.82. The molecule has 0 radical (unpaired) electrons. The Hall–Kier alpha value is -2.09. The molecule has 1 aliphatic heterocycles. The highest BCUT2D eigenvalue weighted by Crippen LogP contribution is 2.35. The average Bonchev–Trinajstić information content (AvgIpc) is 2.69. The van der Waals surface area contributed by atoms with E-state index in [0.717, 1.165) is 4.31 Å². The molecule has 1 fully saturated rings. The molecule has 1 saturated heterocycles. The number of carbonyl (C=O) groups is 2. The first-order valence-electron chi connectivity index (χ1n) is 7.94. The van der Waals surface area contributed by atoms with E-state index < -0.39 is 27.3 Å². The number of carbonyl (C=O) groups excluding carboxylic acids is 2. The Morgan fingerprint density at radius 3 is 2.11 bits per heavy atom. The minimum Gasteiger partial charge on any atom is -0.322 e. The van der Waals surface area contributed by atoms with Crippen LogP contribution in [-0.2, 0) is 14.8 Å². The van der Waals surface area contributed by atoms with Crippen LogP contribution in [0.5, 0.6) is 0 Å². The van der Waals surface area contributed by atoms with Crippen LogP contribution in [0.2, 0.25) is 10.0 Å². The molecule has 1 heterocycles. The van der Waals surface area contributed by atoms with E-state index >= 15 is 0 Å². The van der Waals surface area contributed by atoms with Crippen molar-refractivity contribution in [3.8, 4) is 0 Å². The third-order valence-corrected chi connectivity index (χ3v) is 6.53. The molecule has 2 aromatic carbocycles. The number of benzene rings is 2. The normalized spacial score (nSPS) is 17.8. The van der Waals surface area contributed by atoms with Gasteiger partial charge in [-0.05, 0) is 56.3 Å². The van der Waals surface area contributed by atoms with Gasteiger partial charge in [0.2, 0.25) is 15.9 Å². The van der Waals surface area contributed by atoms with E-state index in [0.29, 0.717) is 15.7 Å². The van der Waals surface area contributed by atoms with Crippen molar-refractivity contribution in [3.63, 3.8) is 0 Å². The van der Waals surface area contributed by atoms with Crippen molar-refractivity contribution in [1.82, 2.24) is 0 Å². The third kappa shape index (κ3) is 3.95. The van der Waals surface area contributed by atoms with Crippen LogP contribution in [0.1, 0.15) is 24.2 Å². The topological polar surface area (TPSA) is 83.6 Å². The summed E-state index contributed by atoms with van der Waals surface area (Å²) in [7, 11) is -3.73. The van der Waals surface area contributed by atoms with E-state index in [-0.39, 0.29) is 17.0 Å². The highest BCUT2D eigenvalue weighted by molar-refractivity contribution is 7.94. The zero-order valence-electron chi connectivity index (χ0n) is 14.5. The average molecular weight is 427 g/mol. The third-order valence-electron chi connectivity index (χ3n) is 4.07. The van der Waals surface area contributed by atoms with Crippen molar-refractivity contribution in [2.75, 3.05) is 15.4 Å². The Bertz CT molecular complexity index is 1010. The van der Waals surface area contributed by atoms with Crippen molar-refractivity contribution in [2.24, 2.45) is 5.41 Å². The molecule has 142 valence electrons. The fourth-order valence-corrected chi connectivity index (χ4v) is 5.47. The van der Waals surface area contributed by atoms with Crippen molar-refractivity contribution in [2.45, 2.75) is 13.8 Å². The number of halogens is 2. The van der Waals surface area contributed by atoms with Crippen LogP contribution in [0.25, 0.3) is 0 Å². The van der Waals surface area contributed by atoms with Crippen LogP contribution in [0.4, 0.5) is 11.4 Å². The van der Waals surface area contributed by atoms with Gasteiger partial charge in [0.05, 0.1) is 16.9 Å². The fraction of sp³-hybridized carbons (Fsp3) is 0.222. The molecule has 0 atom stereocenters. The molecule has 0 aliphatic carbocycles. The van der Waals surface area contributed by atoms with Crippen LogP contribution in [-0.4, -0.2) is 26.0 Å². The number of nitrogens with one attached hydrogen (secondary N) is 1. The SMILES string of the molecule is CC1(C)CS(=O)(=O)N(c2ccc(C(=O)Nc3cc(Cl)cc(Cl)c3)cc2)C1=O. The molecule has 0 unspecified atom stereocenters. The number of hydrogen-bond donors (Lipinski definition) is 1. The molecule has 0 bridgehead atoms. The number of amides is 2. The summed E-state index contributed by atoms with van der Waals surface area (Å²) in [5.74, 6) is -1.17. The van der Waals surface area contributed by atoms with Gasteiger partial charge in [-0.1, -0.05) is 23.2 Å². The standard InChI is InChI=1S/C18H16Cl2N2O4S/c1-18(2)10-27(25,26)22(17(18)24)15-5-3-11(4-6-15)16(23)21-14-8-12(19)7-13(20)9-14/h3-9H,10H2,1-2H3,(H,21,23). The largest absolute Gasteiger partial charge is 0.322 e. The molecule has 9 heteroatoms. The summed E-state index contributed by atoms with van der Waals surface area (Å²) >= 11 is 11.8. The molecule has 1 N–H and O–H groups in total. The van der Waals surface area contributed by atoms with Crippen LogP contribution in [0.15, 0.2) is 42.5 Å². The van der Waals surface area contributed by atoms with Gasteiger partial charge >= 0.3 is 0 Å². The molecular formula is C18H16Cl2N2O4S. The molecular weight excluding hydrogens is 411 g/mol. The molecule has 6 nitrogen and oxygen atoms in total. The lowest BCUT2D eigenvalue weighted by Gasteiger charge is -2.17. The summed E-state index contributed by atoms with van der Waals surface area (Å²) in [5, 5.41) is 3.43. The zero-order chi connectivity index (χ0) is 20.0. The first-order chi connectivity index (χ1) is 12.5. The van der Waals surface area contributed by atoms with Gasteiger partial charge in [0.25, 0.3) is 5.91 Å². The highest BCUT2D eigenvalue weighted by atomic mass is 35.5. The lowest BCUT2D eigenvalue weighted by molar-refractivity contribution is -0.123. The van der Waals surface area contributed by atoms with Crippen molar-refractivity contribution in [1.29, 1.82) is 0 Å². The Morgan fingerprint density at radius 1 is 1.07 bits per heavy atom. The maximum atomic E-state index is 12.4. The Balaban J connectivity index is 1.83. The Labute approximate surface area is 167 Å². The minimum atomic E-state index is -3.73. The smallest absolute Gasteiger partial charge is 0.255 e. The quantitative estimate of drug-likeness (QED) is 0.804. The van der Waals surface area contributed by atoms with Gasteiger partial charge in [-0.25, -0.2) is 12.7 Å². The Morgan fingerprint density at radius 2 is 1.63 bits per heavy atom. The highest BCUT2D eigenvalue weighted by Gasteiger charge is 2.49. The van der Waals surface area contributed by atoms with E-state index in [1.807, 2.05) is 0 Å². The van der Waals surface area contributed by atoms with E-state index in [9.17, 15) is 18.0 Å². The van der Waals surface area contributed by atoms with E-state index in [1.54, 1.807) is 32.0 Å². The summed E-state index contributed by atoms with van der Waals surface area (Å²) in [4.78, 5) is 24.8. The number of hydrogen-bond acceptors (Lipinski definition) is 4. The zero-order valence-corrected chi connectivity index (χ0v) is 16.8. The summed E-state index contributed by atoms with van der Waals surface area (Å²) in [6.45, 7) is 3.18. The molecule has 0 spiro atoms. The van der Waals surface area contributed by atoms with Gasteiger partial charge in [-0.15, -0.1) is 0 Å².